The molecule has 0 saturated carbocycles. The van der Waals surface area contributed by atoms with Crippen molar-refractivity contribution in [3.05, 3.63) is 26.8 Å². The van der Waals surface area contributed by atoms with Crippen molar-refractivity contribution in [3.8, 4) is 5.75 Å². The molecule has 0 fully saturated rings. The molecule has 0 aliphatic heterocycles. The number of carbonyl (C=O) groups is 2. The molecule has 2 N–H and O–H groups in total. The molecule has 0 aliphatic rings. The van der Waals surface area contributed by atoms with E-state index in [2.05, 4.69) is 4.74 Å². The summed E-state index contributed by atoms with van der Waals surface area (Å²) in [6.07, 6.45) is 0. The van der Waals surface area contributed by atoms with E-state index in [1.54, 1.807) is 6.92 Å². The molecule has 24 heavy (non-hydrogen) atoms. The molecule has 132 valence electrons. The number of carbonyl (C=O) groups excluding carboxylic acids is 2. The van der Waals surface area contributed by atoms with Crippen LogP contribution in [0.25, 0.3) is 0 Å². The Balaban J connectivity index is 3.59. The fourth-order valence-electron chi connectivity index (χ4n) is 1.78. The molecule has 0 amide bonds. The van der Waals surface area contributed by atoms with Crippen LogP contribution in [0.15, 0.2) is 6.07 Å². The molecule has 10 heteroatoms. The predicted octanol–water partition coefficient (Wildman–Crippen LogP) is 2.34. The molecule has 0 spiro atoms. The van der Waals surface area contributed by atoms with Crippen molar-refractivity contribution in [1.82, 2.24) is 0 Å². The van der Waals surface area contributed by atoms with Crippen molar-refractivity contribution in [1.29, 1.82) is 0 Å². The summed E-state index contributed by atoms with van der Waals surface area (Å²) in [6.45, 7) is 4.35. The Bertz CT molecular complexity index is 688. The maximum Gasteiger partial charge on any atom is 0.349 e. The van der Waals surface area contributed by atoms with E-state index >= 15 is 0 Å². The minimum Gasteiger partial charge on any atom is -0.468 e. The third-order valence-electron chi connectivity index (χ3n) is 2.96. The lowest BCUT2D eigenvalue weighted by Crippen LogP contribution is -2.40. The summed E-state index contributed by atoms with van der Waals surface area (Å²) >= 11 is 5.84. The fourth-order valence-corrected chi connectivity index (χ4v) is 1.98. The molecule has 0 bridgehead atoms. The SMILES string of the molecule is CCOC(=O)C(C)(C)Oc1c(C(=O)OC)cc(Cl)c(N)c1[N+](=O)[O-]. The molecule has 1 aromatic carbocycles. The molecule has 0 aromatic heterocycles. The Kier molecular flexibility index (Phi) is 5.97. The highest BCUT2D eigenvalue weighted by molar-refractivity contribution is 6.34. The van der Waals surface area contributed by atoms with Gasteiger partial charge in [-0.05, 0) is 26.8 Å². The maximum atomic E-state index is 12.0. The molecular weight excluding hydrogens is 344 g/mol. The van der Waals surface area contributed by atoms with Crippen LogP contribution in [-0.2, 0) is 14.3 Å². The van der Waals surface area contributed by atoms with Gasteiger partial charge < -0.3 is 19.9 Å². The Morgan fingerprint density at radius 3 is 2.46 bits per heavy atom. The second-order valence-electron chi connectivity index (χ2n) is 5.08. The molecule has 0 saturated heterocycles. The molecular formula is C14H17ClN2O7. The second-order valence-corrected chi connectivity index (χ2v) is 5.49. The van der Waals surface area contributed by atoms with Crippen LogP contribution in [0.4, 0.5) is 11.4 Å². The van der Waals surface area contributed by atoms with E-state index in [4.69, 9.17) is 26.8 Å². The van der Waals surface area contributed by atoms with E-state index in [0.29, 0.717) is 0 Å². The highest BCUT2D eigenvalue weighted by Crippen LogP contribution is 2.43. The Hall–Kier alpha value is -2.55. The monoisotopic (exact) mass is 360 g/mol. The summed E-state index contributed by atoms with van der Waals surface area (Å²) in [4.78, 5) is 34.4. The van der Waals surface area contributed by atoms with Crippen LogP contribution in [0.2, 0.25) is 5.02 Å². The van der Waals surface area contributed by atoms with Gasteiger partial charge in [-0.15, -0.1) is 0 Å². The van der Waals surface area contributed by atoms with Crippen molar-refractivity contribution < 1.29 is 28.7 Å². The first-order chi connectivity index (χ1) is 11.1. The van der Waals surface area contributed by atoms with Gasteiger partial charge in [-0.2, -0.15) is 0 Å². The van der Waals surface area contributed by atoms with Gasteiger partial charge in [0.1, 0.15) is 11.3 Å². The largest absolute Gasteiger partial charge is 0.468 e. The molecule has 0 aliphatic carbocycles. The third-order valence-corrected chi connectivity index (χ3v) is 3.27. The first-order valence-corrected chi connectivity index (χ1v) is 7.15. The number of hydrogen-bond acceptors (Lipinski definition) is 8. The maximum absolute atomic E-state index is 12.0. The number of nitrogens with two attached hydrogens (primary N) is 1. The van der Waals surface area contributed by atoms with Crippen LogP contribution in [-0.4, -0.2) is 36.2 Å². The summed E-state index contributed by atoms with van der Waals surface area (Å²) in [5.41, 5.74) is 2.54. The first kappa shape index (κ1) is 19.5. The molecule has 0 unspecified atom stereocenters. The lowest BCUT2D eigenvalue weighted by molar-refractivity contribution is -0.385. The number of anilines is 1. The average molecular weight is 361 g/mol. The normalized spacial score (nSPS) is 10.9. The number of nitrogen functional groups attached to an aromatic ring is 1. The zero-order chi connectivity index (χ0) is 18.7. The van der Waals surface area contributed by atoms with Crippen molar-refractivity contribution >= 4 is 34.9 Å². The number of nitro groups is 1. The topological polar surface area (TPSA) is 131 Å². The zero-order valence-electron chi connectivity index (χ0n) is 13.5. The number of esters is 2. The molecule has 0 heterocycles. The van der Waals surface area contributed by atoms with Gasteiger partial charge in [0.25, 0.3) is 0 Å². The van der Waals surface area contributed by atoms with E-state index < -0.39 is 39.6 Å². The van der Waals surface area contributed by atoms with Crippen LogP contribution in [0.1, 0.15) is 31.1 Å². The second kappa shape index (κ2) is 7.35. The van der Waals surface area contributed by atoms with Crippen LogP contribution in [0.5, 0.6) is 5.75 Å². The Labute approximate surface area is 142 Å². The Morgan fingerprint density at radius 2 is 2.00 bits per heavy atom. The van der Waals surface area contributed by atoms with E-state index in [-0.39, 0.29) is 17.2 Å². The lowest BCUT2D eigenvalue weighted by atomic mass is 10.1. The van der Waals surface area contributed by atoms with Crippen LogP contribution >= 0.6 is 11.6 Å². The number of ether oxygens (including phenoxy) is 3. The lowest BCUT2D eigenvalue weighted by Gasteiger charge is -2.25. The Morgan fingerprint density at radius 1 is 1.42 bits per heavy atom. The summed E-state index contributed by atoms with van der Waals surface area (Å²) in [6, 6.07) is 1.08. The van der Waals surface area contributed by atoms with Crippen LogP contribution in [0.3, 0.4) is 0 Å². The van der Waals surface area contributed by atoms with Crippen LogP contribution in [0, 0.1) is 10.1 Å². The predicted molar refractivity (Wildman–Crippen MR) is 85.2 cm³/mol. The quantitative estimate of drug-likeness (QED) is 0.354. The highest BCUT2D eigenvalue weighted by atomic mass is 35.5. The van der Waals surface area contributed by atoms with Crippen molar-refractivity contribution in [2.45, 2.75) is 26.4 Å². The number of rotatable bonds is 6. The van der Waals surface area contributed by atoms with Gasteiger partial charge in [-0.1, -0.05) is 11.6 Å². The van der Waals surface area contributed by atoms with Gasteiger partial charge in [0.15, 0.2) is 0 Å². The van der Waals surface area contributed by atoms with E-state index in [1.165, 1.54) is 13.8 Å². The summed E-state index contributed by atoms with van der Waals surface area (Å²) in [7, 11) is 1.08. The van der Waals surface area contributed by atoms with Gasteiger partial charge in [0.2, 0.25) is 11.4 Å². The summed E-state index contributed by atoms with van der Waals surface area (Å²) < 4.78 is 14.9. The van der Waals surface area contributed by atoms with Gasteiger partial charge in [-0.25, -0.2) is 9.59 Å². The smallest absolute Gasteiger partial charge is 0.349 e. The fraction of sp³-hybridized carbons (Fsp3) is 0.429. The standard InChI is InChI=1S/C14H17ClN2O7/c1-5-23-13(19)14(2,3)24-11-7(12(18)22-4)6-8(15)9(16)10(11)17(20)21/h6H,5,16H2,1-4H3. The van der Waals surface area contributed by atoms with Gasteiger partial charge in [0.05, 0.1) is 23.7 Å². The molecule has 0 radical (unpaired) electrons. The van der Waals surface area contributed by atoms with E-state index in [9.17, 15) is 19.7 Å². The number of methoxy groups -OCH3 is 1. The summed E-state index contributed by atoms with van der Waals surface area (Å²) in [5.74, 6) is -2.23. The van der Waals surface area contributed by atoms with Crippen LogP contribution < -0.4 is 10.5 Å². The minimum absolute atomic E-state index is 0.0837. The highest BCUT2D eigenvalue weighted by Gasteiger charge is 2.38. The zero-order valence-corrected chi connectivity index (χ0v) is 14.3. The van der Waals surface area contributed by atoms with Crippen molar-refractivity contribution in [2.24, 2.45) is 0 Å². The molecule has 0 atom stereocenters. The van der Waals surface area contributed by atoms with E-state index in [1.807, 2.05) is 0 Å². The number of nitrogens with zero attached hydrogens (tertiary/aromatic N) is 1. The first-order valence-electron chi connectivity index (χ1n) is 6.77. The minimum atomic E-state index is -1.62. The number of benzene rings is 1. The summed E-state index contributed by atoms with van der Waals surface area (Å²) in [5, 5.41) is 11.1. The van der Waals surface area contributed by atoms with Gasteiger partial charge >= 0.3 is 17.6 Å². The van der Waals surface area contributed by atoms with Crippen molar-refractivity contribution in [2.75, 3.05) is 19.5 Å². The van der Waals surface area contributed by atoms with Gasteiger partial charge in [-0.3, -0.25) is 10.1 Å². The number of halogens is 1. The number of hydrogen-bond donors (Lipinski definition) is 1. The van der Waals surface area contributed by atoms with E-state index in [0.717, 1.165) is 13.2 Å². The third kappa shape index (κ3) is 3.85. The molecule has 9 nitrogen and oxygen atoms in total. The molecule has 1 aromatic rings. The average Bonchev–Trinajstić information content (AvgIpc) is 2.49. The van der Waals surface area contributed by atoms with Gasteiger partial charge in [0, 0.05) is 0 Å². The molecule has 1 rings (SSSR count). The van der Waals surface area contributed by atoms with Crippen molar-refractivity contribution in [3.63, 3.8) is 0 Å². The number of nitro benzene ring substituents is 1.